The highest BCUT2D eigenvalue weighted by Crippen LogP contribution is 2.43. The van der Waals surface area contributed by atoms with Gasteiger partial charge in [0.1, 0.15) is 11.6 Å². The van der Waals surface area contributed by atoms with Crippen LogP contribution in [-0.2, 0) is 9.84 Å². The predicted molar refractivity (Wildman–Crippen MR) is 93.4 cm³/mol. The minimum absolute atomic E-state index is 0.0662. The largest absolute Gasteiger partial charge is 0.353 e. The molecule has 0 radical (unpaired) electrons. The molecule has 1 aliphatic heterocycles. The Hall–Kier alpha value is -1.70. The Balaban J connectivity index is 1.69. The van der Waals surface area contributed by atoms with Crippen molar-refractivity contribution in [2.75, 3.05) is 25.9 Å². The average molecular weight is 371 g/mol. The summed E-state index contributed by atoms with van der Waals surface area (Å²) in [4.78, 5) is 6.12. The monoisotopic (exact) mass is 371 g/mol. The molecular weight excluding hydrogens is 348 g/mol. The molecule has 0 bridgehead atoms. The fourth-order valence-corrected chi connectivity index (χ4v) is 4.69. The predicted octanol–water partition coefficient (Wildman–Crippen LogP) is 1.91. The van der Waals surface area contributed by atoms with Gasteiger partial charge in [0.05, 0.1) is 10.5 Å². The number of benzene rings is 1. The molecule has 8 heteroatoms. The first-order chi connectivity index (χ1) is 11.7. The van der Waals surface area contributed by atoms with E-state index in [-0.39, 0.29) is 23.3 Å². The minimum Gasteiger partial charge on any atom is -0.353 e. The molecule has 2 fully saturated rings. The van der Waals surface area contributed by atoms with Gasteiger partial charge in [-0.2, -0.15) is 0 Å². The van der Waals surface area contributed by atoms with Crippen LogP contribution in [0.1, 0.15) is 31.7 Å². The van der Waals surface area contributed by atoms with Crippen LogP contribution in [0.25, 0.3) is 0 Å². The number of hydrogen-bond donors (Lipinski definition) is 1. The van der Waals surface area contributed by atoms with E-state index in [9.17, 15) is 17.2 Å². The molecule has 0 spiro atoms. The summed E-state index contributed by atoms with van der Waals surface area (Å²) >= 11 is 0. The summed E-state index contributed by atoms with van der Waals surface area (Å²) in [5.74, 6) is -0.660. The third-order valence-electron chi connectivity index (χ3n) is 5.03. The van der Waals surface area contributed by atoms with Gasteiger partial charge in [-0.15, -0.1) is 0 Å². The Morgan fingerprint density at radius 2 is 1.96 bits per heavy atom. The number of hydrogen-bond acceptors (Lipinski definition) is 3. The zero-order valence-electron chi connectivity index (χ0n) is 14.6. The third-order valence-corrected chi connectivity index (χ3v) is 7.56. The summed E-state index contributed by atoms with van der Waals surface area (Å²) in [7, 11) is -1.51. The Morgan fingerprint density at radius 3 is 2.52 bits per heavy atom. The summed E-state index contributed by atoms with van der Waals surface area (Å²) in [5.41, 5.74) is 0.108. The van der Waals surface area contributed by atoms with Crippen molar-refractivity contribution in [1.82, 2.24) is 10.2 Å². The smallest absolute Gasteiger partial charge is 0.193 e. The SMILES string of the molecule is CN=C(NC1CC1c1c(F)cccc1F)N1CCS(=O)(=O)C(C)(C)C1. The second-order valence-corrected chi connectivity index (χ2v) is 10.0. The highest BCUT2D eigenvalue weighted by molar-refractivity contribution is 7.92. The maximum absolute atomic E-state index is 13.9. The van der Waals surface area contributed by atoms with Gasteiger partial charge < -0.3 is 10.2 Å². The van der Waals surface area contributed by atoms with Crippen molar-refractivity contribution in [3.8, 4) is 0 Å². The van der Waals surface area contributed by atoms with E-state index in [4.69, 9.17) is 0 Å². The van der Waals surface area contributed by atoms with Crippen LogP contribution in [0.2, 0.25) is 0 Å². The van der Waals surface area contributed by atoms with Gasteiger partial charge in [0, 0.05) is 37.7 Å². The van der Waals surface area contributed by atoms with E-state index < -0.39 is 26.2 Å². The molecule has 1 N–H and O–H groups in total. The van der Waals surface area contributed by atoms with Crippen molar-refractivity contribution in [2.24, 2.45) is 4.99 Å². The topological polar surface area (TPSA) is 61.8 Å². The van der Waals surface area contributed by atoms with E-state index in [1.807, 2.05) is 4.90 Å². The van der Waals surface area contributed by atoms with E-state index in [1.54, 1.807) is 20.9 Å². The molecule has 1 aliphatic carbocycles. The average Bonchev–Trinajstić information content (AvgIpc) is 3.26. The van der Waals surface area contributed by atoms with Crippen LogP contribution in [-0.4, -0.2) is 56.0 Å². The zero-order chi connectivity index (χ0) is 18.4. The summed E-state index contributed by atoms with van der Waals surface area (Å²) in [6.07, 6.45) is 0.617. The van der Waals surface area contributed by atoms with Crippen molar-refractivity contribution in [2.45, 2.75) is 37.0 Å². The van der Waals surface area contributed by atoms with Gasteiger partial charge in [-0.05, 0) is 32.4 Å². The van der Waals surface area contributed by atoms with Gasteiger partial charge in [-0.1, -0.05) is 6.07 Å². The molecule has 3 rings (SSSR count). The Morgan fingerprint density at radius 1 is 1.32 bits per heavy atom. The first-order valence-electron chi connectivity index (χ1n) is 8.31. The molecule has 1 aromatic carbocycles. The van der Waals surface area contributed by atoms with Crippen LogP contribution in [0, 0.1) is 11.6 Å². The van der Waals surface area contributed by atoms with Crippen LogP contribution < -0.4 is 5.32 Å². The number of aliphatic imine (C=N–C) groups is 1. The zero-order valence-corrected chi connectivity index (χ0v) is 15.4. The van der Waals surface area contributed by atoms with Gasteiger partial charge in [-0.3, -0.25) is 4.99 Å². The number of sulfone groups is 1. The third kappa shape index (κ3) is 3.36. The van der Waals surface area contributed by atoms with Gasteiger partial charge in [-0.25, -0.2) is 17.2 Å². The van der Waals surface area contributed by atoms with E-state index in [0.29, 0.717) is 25.5 Å². The first kappa shape index (κ1) is 18.1. The van der Waals surface area contributed by atoms with Gasteiger partial charge in [0.25, 0.3) is 0 Å². The van der Waals surface area contributed by atoms with Crippen molar-refractivity contribution in [1.29, 1.82) is 0 Å². The standard InChI is InChI=1S/C17H23F2N3O2S/c1-17(2)10-22(7-8-25(17,23)24)16(20-3)21-14-9-11(14)15-12(18)5-4-6-13(15)19/h4-6,11,14H,7-10H2,1-3H3,(H,20,21). The second-order valence-electron chi connectivity index (χ2n) is 7.28. The second kappa shape index (κ2) is 6.23. The van der Waals surface area contributed by atoms with E-state index >= 15 is 0 Å². The molecule has 25 heavy (non-hydrogen) atoms. The lowest BCUT2D eigenvalue weighted by Crippen LogP contribution is -2.57. The lowest BCUT2D eigenvalue weighted by Gasteiger charge is -2.39. The molecule has 1 saturated heterocycles. The molecular formula is C17H23F2N3O2S. The van der Waals surface area contributed by atoms with Crippen molar-refractivity contribution >= 4 is 15.8 Å². The summed E-state index contributed by atoms with van der Waals surface area (Å²) < 4.78 is 51.2. The number of rotatable bonds is 2. The quantitative estimate of drug-likeness (QED) is 0.637. The lowest BCUT2D eigenvalue weighted by atomic mass is 10.1. The lowest BCUT2D eigenvalue weighted by molar-refractivity contribution is 0.353. The van der Waals surface area contributed by atoms with Crippen molar-refractivity contribution in [3.63, 3.8) is 0 Å². The number of guanidine groups is 1. The summed E-state index contributed by atoms with van der Waals surface area (Å²) in [6.45, 7) is 4.10. The highest BCUT2D eigenvalue weighted by atomic mass is 32.2. The first-order valence-corrected chi connectivity index (χ1v) is 9.96. The van der Waals surface area contributed by atoms with Crippen molar-refractivity contribution in [3.05, 3.63) is 35.4 Å². The normalized spacial score (nSPS) is 27.9. The highest BCUT2D eigenvalue weighted by Gasteiger charge is 2.45. The van der Waals surface area contributed by atoms with Crippen LogP contribution in [0.5, 0.6) is 0 Å². The van der Waals surface area contributed by atoms with Gasteiger partial charge in [0.15, 0.2) is 15.8 Å². The van der Waals surface area contributed by atoms with Crippen LogP contribution in [0.15, 0.2) is 23.2 Å². The molecule has 0 aromatic heterocycles. The van der Waals surface area contributed by atoms with E-state index in [1.165, 1.54) is 18.2 Å². The van der Waals surface area contributed by atoms with Crippen LogP contribution >= 0.6 is 0 Å². The minimum atomic E-state index is -3.14. The van der Waals surface area contributed by atoms with Crippen LogP contribution in [0.3, 0.4) is 0 Å². The van der Waals surface area contributed by atoms with Crippen molar-refractivity contribution < 1.29 is 17.2 Å². The van der Waals surface area contributed by atoms with E-state index in [2.05, 4.69) is 10.3 Å². The molecule has 1 heterocycles. The summed E-state index contributed by atoms with van der Waals surface area (Å²) in [6, 6.07) is 3.78. The Bertz CT molecular complexity index is 788. The number of nitrogens with zero attached hydrogens (tertiary/aromatic N) is 2. The van der Waals surface area contributed by atoms with Crippen LogP contribution in [0.4, 0.5) is 8.78 Å². The fourth-order valence-electron chi connectivity index (χ4n) is 3.33. The molecule has 1 aromatic rings. The molecule has 0 amide bonds. The maximum Gasteiger partial charge on any atom is 0.193 e. The van der Waals surface area contributed by atoms with Gasteiger partial charge in [0.2, 0.25) is 0 Å². The Kier molecular flexibility index (Phi) is 4.51. The molecule has 138 valence electrons. The molecule has 2 atom stereocenters. The van der Waals surface area contributed by atoms with Gasteiger partial charge >= 0.3 is 0 Å². The number of halogens is 2. The fraction of sp³-hybridized carbons (Fsp3) is 0.588. The van der Waals surface area contributed by atoms with E-state index in [0.717, 1.165) is 0 Å². The molecule has 2 aliphatic rings. The summed E-state index contributed by atoms with van der Waals surface area (Å²) in [5, 5.41) is 3.23. The molecule has 2 unspecified atom stereocenters. The molecule has 5 nitrogen and oxygen atoms in total. The molecule has 1 saturated carbocycles. The Labute approximate surface area is 147 Å². The maximum atomic E-state index is 13.9. The number of nitrogens with one attached hydrogen (secondary N) is 1.